The van der Waals surface area contributed by atoms with Crippen LogP contribution in [0.3, 0.4) is 0 Å². The first-order chi connectivity index (χ1) is 11.2. The number of ether oxygens (including phenoxy) is 1. The first-order valence-corrected chi connectivity index (χ1v) is 8.60. The van der Waals surface area contributed by atoms with E-state index >= 15 is 0 Å². The zero-order valence-corrected chi connectivity index (χ0v) is 17.5. The molecule has 0 aliphatic carbocycles. The minimum absolute atomic E-state index is 0. The van der Waals surface area contributed by atoms with Crippen molar-refractivity contribution in [2.24, 2.45) is 4.99 Å². The number of nitrogens with zero attached hydrogens (tertiary/aromatic N) is 2. The van der Waals surface area contributed by atoms with Crippen LogP contribution in [0.4, 0.5) is 0 Å². The molecule has 0 fully saturated rings. The van der Waals surface area contributed by atoms with Gasteiger partial charge >= 0.3 is 0 Å². The summed E-state index contributed by atoms with van der Waals surface area (Å²) in [7, 11) is 1.77. The van der Waals surface area contributed by atoms with Crippen molar-refractivity contribution >= 4 is 41.3 Å². The van der Waals surface area contributed by atoms with Crippen LogP contribution in [0.25, 0.3) is 0 Å². The third-order valence-electron chi connectivity index (χ3n) is 3.16. The van der Waals surface area contributed by atoms with Gasteiger partial charge in [-0.15, -0.1) is 35.3 Å². The minimum Gasteiger partial charge on any atom is -0.478 e. The molecule has 0 bridgehead atoms. The molecule has 132 valence electrons. The molecule has 0 unspecified atom stereocenters. The van der Waals surface area contributed by atoms with Gasteiger partial charge in [-0.3, -0.25) is 4.99 Å². The smallest absolute Gasteiger partial charge is 0.213 e. The van der Waals surface area contributed by atoms with E-state index in [2.05, 4.69) is 46.6 Å². The molecule has 0 saturated heterocycles. The van der Waals surface area contributed by atoms with Crippen molar-refractivity contribution < 1.29 is 4.74 Å². The monoisotopic (exact) mass is 460 g/mol. The lowest BCUT2D eigenvalue weighted by Gasteiger charge is -2.11. The number of nitrogens with one attached hydrogen (secondary N) is 2. The second-order valence-corrected chi connectivity index (χ2v) is 6.52. The molecular weight excluding hydrogens is 435 g/mol. The lowest BCUT2D eigenvalue weighted by atomic mass is 10.3. The van der Waals surface area contributed by atoms with Crippen LogP contribution in [0.1, 0.15) is 28.7 Å². The summed E-state index contributed by atoms with van der Waals surface area (Å²) in [5.74, 6) is 1.45. The molecule has 0 amide bonds. The van der Waals surface area contributed by atoms with Gasteiger partial charge < -0.3 is 15.4 Å². The summed E-state index contributed by atoms with van der Waals surface area (Å²) in [5, 5.41) is 6.60. The maximum atomic E-state index is 5.48. The molecule has 0 spiro atoms. The molecule has 0 aromatic carbocycles. The van der Waals surface area contributed by atoms with E-state index in [1.165, 1.54) is 9.75 Å². The Hall–Kier alpha value is -1.35. The van der Waals surface area contributed by atoms with Crippen LogP contribution in [0.5, 0.6) is 5.88 Å². The molecule has 2 aromatic rings. The van der Waals surface area contributed by atoms with Crippen molar-refractivity contribution in [1.82, 2.24) is 15.6 Å². The molecule has 0 saturated carbocycles. The zero-order valence-electron chi connectivity index (χ0n) is 14.3. The molecule has 2 aromatic heterocycles. The Labute approximate surface area is 165 Å². The molecule has 5 nitrogen and oxygen atoms in total. The summed E-state index contributed by atoms with van der Waals surface area (Å²) in [5.41, 5.74) is 1.09. The average molecular weight is 460 g/mol. The maximum Gasteiger partial charge on any atom is 0.213 e. The Morgan fingerprint density at radius 1 is 1.21 bits per heavy atom. The van der Waals surface area contributed by atoms with E-state index in [0.717, 1.165) is 24.5 Å². The fourth-order valence-electron chi connectivity index (χ4n) is 1.96. The van der Waals surface area contributed by atoms with Gasteiger partial charge in [0.2, 0.25) is 5.88 Å². The van der Waals surface area contributed by atoms with E-state index in [9.17, 15) is 0 Å². The molecule has 2 N–H and O–H groups in total. The van der Waals surface area contributed by atoms with Crippen LogP contribution in [-0.4, -0.2) is 24.6 Å². The Balaban J connectivity index is 0.00000288. The number of hydrogen-bond acceptors (Lipinski definition) is 4. The molecule has 0 radical (unpaired) electrons. The summed E-state index contributed by atoms with van der Waals surface area (Å²) < 4.78 is 5.48. The second kappa shape index (κ2) is 11.2. The van der Waals surface area contributed by atoms with Crippen molar-refractivity contribution in [2.75, 3.05) is 13.7 Å². The lowest BCUT2D eigenvalue weighted by Crippen LogP contribution is -2.36. The predicted octanol–water partition coefficient (Wildman–Crippen LogP) is 3.72. The molecule has 0 atom stereocenters. The Morgan fingerprint density at radius 2 is 2.00 bits per heavy atom. The quantitative estimate of drug-likeness (QED) is 0.376. The highest BCUT2D eigenvalue weighted by atomic mass is 127. The number of thiophene rings is 1. The molecule has 0 aliphatic rings. The van der Waals surface area contributed by atoms with Crippen LogP contribution >= 0.6 is 35.3 Å². The Bertz CT molecular complexity index is 628. The SMILES string of the molecule is CCCOc1ccc(CNC(=NC)NCc2ccc(C)s2)cn1.I. The van der Waals surface area contributed by atoms with E-state index in [1.807, 2.05) is 18.3 Å². The summed E-state index contributed by atoms with van der Waals surface area (Å²) in [6.07, 6.45) is 2.81. The molecule has 2 heterocycles. The number of pyridine rings is 1. The number of guanidine groups is 1. The minimum atomic E-state index is 0. The van der Waals surface area contributed by atoms with Gasteiger partial charge in [-0.1, -0.05) is 13.0 Å². The number of hydrogen-bond donors (Lipinski definition) is 2. The van der Waals surface area contributed by atoms with Crippen LogP contribution in [0.15, 0.2) is 35.5 Å². The zero-order chi connectivity index (χ0) is 16.5. The van der Waals surface area contributed by atoms with Crippen molar-refractivity contribution in [2.45, 2.75) is 33.4 Å². The van der Waals surface area contributed by atoms with E-state index in [-0.39, 0.29) is 24.0 Å². The van der Waals surface area contributed by atoms with E-state index in [0.29, 0.717) is 19.0 Å². The molecule has 24 heavy (non-hydrogen) atoms. The van der Waals surface area contributed by atoms with E-state index in [4.69, 9.17) is 4.74 Å². The van der Waals surface area contributed by atoms with E-state index < -0.39 is 0 Å². The van der Waals surface area contributed by atoms with Crippen molar-refractivity contribution in [3.8, 4) is 5.88 Å². The van der Waals surface area contributed by atoms with Crippen molar-refractivity contribution in [3.05, 3.63) is 45.8 Å². The lowest BCUT2D eigenvalue weighted by molar-refractivity contribution is 0.305. The van der Waals surface area contributed by atoms with Crippen LogP contribution in [0.2, 0.25) is 0 Å². The second-order valence-electron chi connectivity index (χ2n) is 5.14. The van der Waals surface area contributed by atoms with Gasteiger partial charge in [0, 0.05) is 35.6 Å². The molecule has 7 heteroatoms. The van der Waals surface area contributed by atoms with Gasteiger partial charge in [-0.25, -0.2) is 4.98 Å². The van der Waals surface area contributed by atoms with Crippen LogP contribution in [-0.2, 0) is 13.1 Å². The maximum absolute atomic E-state index is 5.48. The molecule has 2 rings (SSSR count). The summed E-state index contributed by atoms with van der Waals surface area (Å²) in [6, 6.07) is 8.18. The molecular formula is C17H25IN4OS. The highest BCUT2D eigenvalue weighted by Crippen LogP contribution is 2.14. The van der Waals surface area contributed by atoms with Gasteiger partial charge in [-0.2, -0.15) is 0 Å². The van der Waals surface area contributed by atoms with Gasteiger partial charge in [0.25, 0.3) is 0 Å². The molecule has 0 aliphatic heterocycles. The third-order valence-corrected chi connectivity index (χ3v) is 4.16. The number of aromatic nitrogens is 1. The van der Waals surface area contributed by atoms with Crippen LogP contribution < -0.4 is 15.4 Å². The predicted molar refractivity (Wildman–Crippen MR) is 112 cm³/mol. The first kappa shape index (κ1) is 20.7. The van der Waals surface area contributed by atoms with Crippen LogP contribution in [0, 0.1) is 6.92 Å². The van der Waals surface area contributed by atoms with Gasteiger partial charge in [0.15, 0.2) is 5.96 Å². The summed E-state index contributed by atoms with van der Waals surface area (Å²) in [4.78, 5) is 11.1. The normalized spacial score (nSPS) is 10.9. The summed E-state index contributed by atoms with van der Waals surface area (Å²) >= 11 is 1.79. The first-order valence-electron chi connectivity index (χ1n) is 7.79. The average Bonchev–Trinajstić information content (AvgIpc) is 2.99. The fraction of sp³-hybridized carbons (Fsp3) is 0.412. The summed E-state index contributed by atoms with van der Waals surface area (Å²) in [6.45, 7) is 6.34. The highest BCUT2D eigenvalue weighted by Gasteiger charge is 2.02. The fourth-order valence-corrected chi connectivity index (χ4v) is 2.79. The van der Waals surface area contributed by atoms with Crippen molar-refractivity contribution in [1.29, 1.82) is 0 Å². The Kier molecular flexibility index (Phi) is 9.70. The number of rotatable bonds is 7. The highest BCUT2D eigenvalue weighted by molar-refractivity contribution is 14.0. The standard InChI is InChI=1S/C17H24N4OS.HI/c1-4-9-22-16-8-6-14(10-19-16)11-20-17(18-3)21-12-15-7-5-13(2)23-15;/h5-8,10H,4,9,11-12H2,1-3H3,(H2,18,20,21);1H. The largest absolute Gasteiger partial charge is 0.478 e. The van der Waals surface area contributed by atoms with Crippen molar-refractivity contribution in [3.63, 3.8) is 0 Å². The van der Waals surface area contributed by atoms with E-state index in [1.54, 1.807) is 18.4 Å². The topological polar surface area (TPSA) is 58.5 Å². The van der Waals surface area contributed by atoms with Gasteiger partial charge in [0.05, 0.1) is 13.2 Å². The van der Waals surface area contributed by atoms with Gasteiger partial charge in [-0.05, 0) is 31.0 Å². The number of aliphatic imine (C=N–C) groups is 1. The number of aryl methyl sites for hydroxylation is 1. The Morgan fingerprint density at radius 3 is 2.58 bits per heavy atom. The van der Waals surface area contributed by atoms with Gasteiger partial charge in [0.1, 0.15) is 0 Å². The number of halogens is 1. The third kappa shape index (κ3) is 7.04.